The molecule has 0 aliphatic carbocycles. The number of amides is 1. The third-order valence-corrected chi connectivity index (χ3v) is 4.20. The van der Waals surface area contributed by atoms with Gasteiger partial charge in [0.25, 0.3) is 5.56 Å². The Balaban J connectivity index is 2.03. The van der Waals surface area contributed by atoms with Crippen molar-refractivity contribution in [1.82, 2.24) is 20.3 Å². The maximum atomic E-state index is 12.1. The molecule has 6 nitrogen and oxygen atoms in total. The summed E-state index contributed by atoms with van der Waals surface area (Å²) < 4.78 is 0. The summed E-state index contributed by atoms with van der Waals surface area (Å²) in [5.41, 5.74) is 3.70. The van der Waals surface area contributed by atoms with Gasteiger partial charge in [0.2, 0.25) is 6.41 Å². The van der Waals surface area contributed by atoms with Gasteiger partial charge in [-0.15, -0.1) is 0 Å². The van der Waals surface area contributed by atoms with Crippen LogP contribution in [0.15, 0.2) is 35.1 Å². The standard InChI is InChI=1S/C18H20N4O2/c1-11-4-6-13(17(24)20-11)16-21-14-7-5-12(8-15(14)22-16)18(2,3)9-19-10-23/h4-8,10H,9H2,1-3H3,(H,19,23)(H,20,24)(H,21,22). The summed E-state index contributed by atoms with van der Waals surface area (Å²) >= 11 is 0. The van der Waals surface area contributed by atoms with Crippen LogP contribution in [-0.2, 0) is 10.2 Å². The Labute approximate surface area is 139 Å². The molecule has 3 N–H and O–H groups in total. The fraction of sp³-hybridized carbons (Fsp3) is 0.278. The van der Waals surface area contributed by atoms with Gasteiger partial charge in [0.05, 0.1) is 16.6 Å². The predicted molar refractivity (Wildman–Crippen MR) is 94.0 cm³/mol. The monoisotopic (exact) mass is 324 g/mol. The number of carbonyl (C=O) groups is 1. The number of aromatic nitrogens is 3. The van der Waals surface area contributed by atoms with E-state index in [0.717, 1.165) is 22.3 Å². The molecule has 0 fully saturated rings. The molecule has 0 bridgehead atoms. The molecule has 1 aromatic carbocycles. The molecule has 0 unspecified atom stereocenters. The second kappa shape index (κ2) is 5.96. The molecule has 0 saturated carbocycles. The van der Waals surface area contributed by atoms with Gasteiger partial charge in [0.1, 0.15) is 5.82 Å². The van der Waals surface area contributed by atoms with Crippen molar-refractivity contribution in [3.05, 3.63) is 51.9 Å². The highest BCUT2D eigenvalue weighted by Crippen LogP contribution is 2.26. The number of pyridine rings is 1. The predicted octanol–water partition coefficient (Wildman–Crippen LogP) is 2.25. The smallest absolute Gasteiger partial charge is 0.259 e. The molecule has 0 atom stereocenters. The number of aromatic amines is 2. The lowest BCUT2D eigenvalue weighted by Gasteiger charge is -2.24. The Morgan fingerprint density at radius 2 is 2.00 bits per heavy atom. The van der Waals surface area contributed by atoms with E-state index in [-0.39, 0.29) is 11.0 Å². The molecule has 0 saturated heterocycles. The summed E-state index contributed by atoms with van der Waals surface area (Å²) in [4.78, 5) is 33.2. The summed E-state index contributed by atoms with van der Waals surface area (Å²) in [6.07, 6.45) is 0.707. The lowest BCUT2D eigenvalue weighted by molar-refractivity contribution is -0.109. The highest BCUT2D eigenvalue weighted by Gasteiger charge is 2.21. The fourth-order valence-corrected chi connectivity index (χ4v) is 2.72. The Hall–Kier alpha value is -2.89. The van der Waals surface area contributed by atoms with Crippen molar-refractivity contribution in [2.45, 2.75) is 26.2 Å². The number of hydrogen-bond acceptors (Lipinski definition) is 3. The van der Waals surface area contributed by atoms with Gasteiger partial charge in [-0.1, -0.05) is 19.9 Å². The van der Waals surface area contributed by atoms with Gasteiger partial charge in [0, 0.05) is 17.7 Å². The lowest BCUT2D eigenvalue weighted by atomic mass is 9.84. The lowest BCUT2D eigenvalue weighted by Crippen LogP contribution is -2.32. The topological polar surface area (TPSA) is 90.6 Å². The van der Waals surface area contributed by atoms with E-state index >= 15 is 0 Å². The van der Waals surface area contributed by atoms with Crippen molar-refractivity contribution in [2.24, 2.45) is 0 Å². The van der Waals surface area contributed by atoms with Crippen molar-refractivity contribution in [3.8, 4) is 11.4 Å². The van der Waals surface area contributed by atoms with E-state index in [1.54, 1.807) is 6.07 Å². The number of nitrogens with one attached hydrogen (secondary N) is 3. The Morgan fingerprint density at radius 1 is 1.21 bits per heavy atom. The average molecular weight is 324 g/mol. The maximum absolute atomic E-state index is 12.1. The van der Waals surface area contributed by atoms with Gasteiger partial charge in [-0.2, -0.15) is 0 Å². The van der Waals surface area contributed by atoms with E-state index in [4.69, 9.17) is 0 Å². The Morgan fingerprint density at radius 3 is 2.71 bits per heavy atom. The van der Waals surface area contributed by atoms with E-state index in [2.05, 4.69) is 34.1 Å². The first-order valence-corrected chi connectivity index (χ1v) is 7.78. The number of fused-ring (bicyclic) bond motifs is 1. The van der Waals surface area contributed by atoms with E-state index in [9.17, 15) is 9.59 Å². The second-order valence-corrected chi connectivity index (χ2v) is 6.58. The minimum Gasteiger partial charge on any atom is -0.358 e. The molecular formula is C18H20N4O2. The zero-order valence-corrected chi connectivity index (χ0v) is 13.9. The van der Waals surface area contributed by atoms with Crippen LogP contribution in [0.4, 0.5) is 0 Å². The van der Waals surface area contributed by atoms with Crippen LogP contribution in [-0.4, -0.2) is 27.9 Å². The summed E-state index contributed by atoms with van der Waals surface area (Å²) in [6, 6.07) is 9.56. The number of nitrogens with zero attached hydrogens (tertiary/aromatic N) is 1. The van der Waals surface area contributed by atoms with E-state index in [0.29, 0.717) is 24.3 Å². The van der Waals surface area contributed by atoms with Crippen molar-refractivity contribution in [2.75, 3.05) is 6.54 Å². The fourth-order valence-electron chi connectivity index (χ4n) is 2.72. The highest BCUT2D eigenvalue weighted by atomic mass is 16.1. The molecule has 0 spiro atoms. The van der Waals surface area contributed by atoms with Gasteiger partial charge in [-0.05, 0) is 36.8 Å². The molecule has 2 heterocycles. The summed E-state index contributed by atoms with van der Waals surface area (Å²) in [5.74, 6) is 0.548. The molecule has 124 valence electrons. The number of benzene rings is 1. The van der Waals surface area contributed by atoms with Crippen LogP contribution in [0.3, 0.4) is 0 Å². The van der Waals surface area contributed by atoms with Crippen LogP contribution >= 0.6 is 0 Å². The molecular weight excluding hydrogens is 304 g/mol. The molecule has 3 aromatic rings. The van der Waals surface area contributed by atoms with Gasteiger partial charge in [-0.25, -0.2) is 4.98 Å². The van der Waals surface area contributed by atoms with Crippen LogP contribution in [0, 0.1) is 6.92 Å². The molecule has 6 heteroatoms. The molecule has 24 heavy (non-hydrogen) atoms. The zero-order valence-electron chi connectivity index (χ0n) is 13.9. The van der Waals surface area contributed by atoms with Gasteiger partial charge < -0.3 is 15.3 Å². The van der Waals surface area contributed by atoms with E-state index in [1.807, 2.05) is 31.2 Å². The van der Waals surface area contributed by atoms with Crippen LogP contribution in [0.5, 0.6) is 0 Å². The van der Waals surface area contributed by atoms with Gasteiger partial charge in [0.15, 0.2) is 0 Å². The maximum Gasteiger partial charge on any atom is 0.259 e. The van der Waals surface area contributed by atoms with Crippen LogP contribution in [0.1, 0.15) is 25.1 Å². The number of carbonyl (C=O) groups excluding carboxylic acids is 1. The normalized spacial score (nSPS) is 11.6. The summed E-state index contributed by atoms with van der Waals surface area (Å²) in [5, 5.41) is 2.73. The number of aryl methyl sites for hydroxylation is 1. The van der Waals surface area contributed by atoms with Crippen molar-refractivity contribution < 1.29 is 4.79 Å². The third kappa shape index (κ3) is 2.95. The molecule has 1 amide bonds. The SMILES string of the molecule is Cc1ccc(-c2nc3ccc(C(C)(C)CNC=O)cc3[nH]2)c(=O)[nH]1. The molecule has 0 aliphatic rings. The average Bonchev–Trinajstić information content (AvgIpc) is 2.95. The second-order valence-electron chi connectivity index (χ2n) is 6.58. The minimum atomic E-state index is -0.207. The first kappa shape index (κ1) is 16.0. The Kier molecular flexibility index (Phi) is 3.97. The molecule has 0 aliphatic heterocycles. The quantitative estimate of drug-likeness (QED) is 0.629. The number of hydrogen-bond donors (Lipinski definition) is 3. The van der Waals surface area contributed by atoms with Gasteiger partial charge >= 0.3 is 0 Å². The van der Waals surface area contributed by atoms with Crippen LogP contribution in [0.25, 0.3) is 22.4 Å². The van der Waals surface area contributed by atoms with Crippen molar-refractivity contribution in [1.29, 1.82) is 0 Å². The number of imidazole rings is 1. The Bertz CT molecular complexity index is 953. The molecule has 0 radical (unpaired) electrons. The van der Waals surface area contributed by atoms with Crippen molar-refractivity contribution >= 4 is 17.4 Å². The number of rotatable bonds is 5. The third-order valence-electron chi connectivity index (χ3n) is 4.20. The van der Waals surface area contributed by atoms with Crippen molar-refractivity contribution in [3.63, 3.8) is 0 Å². The first-order valence-electron chi connectivity index (χ1n) is 7.78. The highest BCUT2D eigenvalue weighted by molar-refractivity contribution is 5.80. The van der Waals surface area contributed by atoms with Gasteiger partial charge in [-0.3, -0.25) is 9.59 Å². The largest absolute Gasteiger partial charge is 0.358 e. The van der Waals surface area contributed by atoms with E-state index < -0.39 is 0 Å². The van der Waals surface area contributed by atoms with E-state index in [1.165, 1.54) is 0 Å². The minimum absolute atomic E-state index is 0.162. The van der Waals surface area contributed by atoms with Crippen LogP contribution < -0.4 is 10.9 Å². The summed E-state index contributed by atoms with van der Waals surface area (Å²) in [7, 11) is 0. The summed E-state index contributed by atoms with van der Waals surface area (Å²) in [6.45, 7) is 6.51. The molecule has 3 rings (SSSR count). The number of H-pyrrole nitrogens is 2. The zero-order chi connectivity index (χ0) is 17.3. The molecule has 2 aromatic heterocycles. The van der Waals surface area contributed by atoms with Crippen LogP contribution in [0.2, 0.25) is 0 Å². The first-order chi connectivity index (χ1) is 11.4.